The van der Waals surface area contributed by atoms with Gasteiger partial charge in [0.25, 0.3) is 5.91 Å². The van der Waals surface area contributed by atoms with Crippen molar-refractivity contribution in [3.05, 3.63) is 86.7 Å². The Bertz CT molecular complexity index is 1100. The van der Waals surface area contributed by atoms with E-state index in [1.165, 1.54) is 0 Å². The van der Waals surface area contributed by atoms with Gasteiger partial charge in [-0.2, -0.15) is 5.10 Å². The second-order valence-electron chi connectivity index (χ2n) is 6.93. The van der Waals surface area contributed by atoms with E-state index in [0.717, 1.165) is 11.1 Å². The molecule has 1 heterocycles. The number of aromatic nitrogens is 2. The molecule has 0 saturated carbocycles. The van der Waals surface area contributed by atoms with Gasteiger partial charge in [0, 0.05) is 11.3 Å². The fraction of sp³-hybridized carbons (Fsp3) is 0.190. The summed E-state index contributed by atoms with van der Waals surface area (Å²) in [6.07, 6.45) is 0.147. The number of rotatable bonds is 7. The van der Waals surface area contributed by atoms with Gasteiger partial charge in [-0.1, -0.05) is 24.3 Å². The van der Waals surface area contributed by atoms with Gasteiger partial charge in [-0.05, 0) is 49.2 Å². The minimum atomic E-state index is -0.429. The summed E-state index contributed by atoms with van der Waals surface area (Å²) < 4.78 is 1.58. The van der Waals surface area contributed by atoms with Crippen LogP contribution in [0.3, 0.4) is 0 Å². The number of hydrogen-bond donors (Lipinski definition) is 2. The second-order valence-corrected chi connectivity index (χ2v) is 6.93. The molecule has 9 nitrogen and oxygen atoms in total. The number of carbonyl (C=O) groups is 2. The molecule has 0 aliphatic carbocycles. The minimum Gasteiger partial charge on any atom is -0.369 e. The highest BCUT2D eigenvalue weighted by atomic mass is 16.6. The highest BCUT2D eigenvalue weighted by molar-refractivity contribution is 6.04. The number of nitrogens with one attached hydrogen (secondary N) is 1. The smallest absolute Gasteiger partial charge is 0.312 e. The SMILES string of the molecule is Cc1nn(Cc2ccc(C(=O)Nc3ccc(CC(N)=O)cc3)cc2)c(C)c1[N+](=O)[O-]. The number of nitrogens with zero attached hydrogens (tertiary/aromatic N) is 3. The number of amides is 2. The first-order valence-electron chi connectivity index (χ1n) is 9.20. The summed E-state index contributed by atoms with van der Waals surface area (Å²) in [5, 5.41) is 18.2. The number of primary amides is 1. The van der Waals surface area contributed by atoms with E-state index in [1.54, 1.807) is 67.1 Å². The maximum absolute atomic E-state index is 12.4. The van der Waals surface area contributed by atoms with Gasteiger partial charge in [0.05, 0.1) is 17.9 Å². The largest absolute Gasteiger partial charge is 0.369 e. The van der Waals surface area contributed by atoms with Gasteiger partial charge in [0.15, 0.2) is 0 Å². The average molecular weight is 407 g/mol. The molecule has 1 aromatic heterocycles. The lowest BCUT2D eigenvalue weighted by atomic mass is 10.1. The monoisotopic (exact) mass is 407 g/mol. The molecule has 30 heavy (non-hydrogen) atoms. The van der Waals surface area contributed by atoms with Crippen molar-refractivity contribution >= 4 is 23.2 Å². The van der Waals surface area contributed by atoms with Crippen molar-refractivity contribution in [2.75, 3.05) is 5.32 Å². The van der Waals surface area contributed by atoms with Crippen molar-refractivity contribution < 1.29 is 14.5 Å². The number of anilines is 1. The van der Waals surface area contributed by atoms with E-state index in [1.807, 2.05) is 0 Å². The van der Waals surface area contributed by atoms with Crippen LogP contribution in [-0.2, 0) is 17.8 Å². The molecule has 0 aliphatic heterocycles. The van der Waals surface area contributed by atoms with Crippen LogP contribution in [0.4, 0.5) is 11.4 Å². The topological polar surface area (TPSA) is 133 Å². The number of nitrogens with two attached hydrogens (primary N) is 1. The maximum Gasteiger partial charge on any atom is 0.312 e. The maximum atomic E-state index is 12.4. The van der Waals surface area contributed by atoms with Crippen LogP contribution in [0.15, 0.2) is 48.5 Å². The molecule has 0 fully saturated rings. The summed E-state index contributed by atoms with van der Waals surface area (Å²) in [5.41, 5.74) is 8.75. The van der Waals surface area contributed by atoms with E-state index >= 15 is 0 Å². The Morgan fingerprint density at radius 1 is 1.07 bits per heavy atom. The molecule has 0 saturated heterocycles. The molecule has 9 heteroatoms. The first kappa shape index (κ1) is 20.7. The summed E-state index contributed by atoms with van der Waals surface area (Å²) in [6, 6.07) is 13.8. The predicted molar refractivity (Wildman–Crippen MR) is 111 cm³/mol. The van der Waals surface area contributed by atoms with E-state index in [0.29, 0.717) is 29.2 Å². The molecule has 154 valence electrons. The van der Waals surface area contributed by atoms with Crippen LogP contribution in [0.2, 0.25) is 0 Å². The van der Waals surface area contributed by atoms with Gasteiger partial charge < -0.3 is 11.1 Å². The molecule has 3 N–H and O–H groups in total. The average Bonchev–Trinajstić information content (AvgIpc) is 2.96. The van der Waals surface area contributed by atoms with Crippen LogP contribution in [0.5, 0.6) is 0 Å². The third-order valence-corrected chi connectivity index (χ3v) is 4.66. The Labute approximate surface area is 172 Å². The zero-order valence-corrected chi connectivity index (χ0v) is 16.6. The van der Waals surface area contributed by atoms with Gasteiger partial charge >= 0.3 is 5.69 Å². The van der Waals surface area contributed by atoms with Gasteiger partial charge in [-0.3, -0.25) is 24.4 Å². The van der Waals surface area contributed by atoms with Crippen LogP contribution in [0, 0.1) is 24.0 Å². The molecule has 0 aliphatic rings. The Morgan fingerprint density at radius 2 is 1.67 bits per heavy atom. The van der Waals surface area contributed by atoms with Crippen molar-refractivity contribution in [3.63, 3.8) is 0 Å². The third-order valence-electron chi connectivity index (χ3n) is 4.66. The molecule has 2 amide bonds. The normalized spacial score (nSPS) is 10.6. The van der Waals surface area contributed by atoms with E-state index in [9.17, 15) is 19.7 Å². The van der Waals surface area contributed by atoms with Crippen LogP contribution in [-0.4, -0.2) is 26.5 Å². The van der Waals surface area contributed by atoms with Crippen molar-refractivity contribution in [1.29, 1.82) is 0 Å². The summed E-state index contributed by atoms with van der Waals surface area (Å²) in [6.45, 7) is 3.63. The first-order valence-corrected chi connectivity index (χ1v) is 9.20. The predicted octanol–water partition coefficient (Wildman–Crippen LogP) is 2.74. The molecule has 0 bridgehead atoms. The lowest BCUT2D eigenvalue weighted by Crippen LogP contribution is -2.14. The van der Waals surface area contributed by atoms with Crippen molar-refractivity contribution in [3.8, 4) is 0 Å². The fourth-order valence-electron chi connectivity index (χ4n) is 3.15. The molecule has 0 spiro atoms. The molecular weight excluding hydrogens is 386 g/mol. The molecule has 0 radical (unpaired) electrons. The number of nitro groups is 1. The van der Waals surface area contributed by atoms with Gasteiger partial charge in [0.1, 0.15) is 11.4 Å². The Hall–Kier alpha value is -4.01. The molecule has 0 unspecified atom stereocenters. The molecule has 0 atom stereocenters. The van der Waals surface area contributed by atoms with Gasteiger partial charge in [0.2, 0.25) is 5.91 Å². The van der Waals surface area contributed by atoms with Crippen LogP contribution in [0.1, 0.15) is 32.9 Å². The number of carbonyl (C=O) groups excluding carboxylic acids is 2. The highest BCUT2D eigenvalue weighted by Gasteiger charge is 2.21. The van der Waals surface area contributed by atoms with Crippen molar-refractivity contribution in [2.24, 2.45) is 5.73 Å². The standard InChI is InChI=1S/C21H21N5O4/c1-13-20(26(29)30)14(2)25(24-13)12-16-3-7-17(8-4-16)21(28)23-18-9-5-15(6-10-18)11-19(22)27/h3-10H,11-12H2,1-2H3,(H2,22,27)(H,23,28). The molecule has 3 rings (SSSR count). The second kappa shape index (κ2) is 8.56. The van der Waals surface area contributed by atoms with Crippen LogP contribution >= 0.6 is 0 Å². The third kappa shape index (κ3) is 4.69. The van der Waals surface area contributed by atoms with Crippen LogP contribution < -0.4 is 11.1 Å². The lowest BCUT2D eigenvalue weighted by Gasteiger charge is -2.08. The number of benzene rings is 2. The van der Waals surface area contributed by atoms with Crippen molar-refractivity contribution in [1.82, 2.24) is 9.78 Å². The summed E-state index contributed by atoms with van der Waals surface area (Å²) in [4.78, 5) is 34.1. The Kier molecular flexibility index (Phi) is 5.91. The molecule has 2 aromatic carbocycles. The quantitative estimate of drug-likeness (QED) is 0.459. The zero-order chi connectivity index (χ0) is 21.8. The first-order chi connectivity index (χ1) is 14.2. The van der Waals surface area contributed by atoms with E-state index < -0.39 is 10.8 Å². The number of hydrogen-bond acceptors (Lipinski definition) is 5. The van der Waals surface area contributed by atoms with Gasteiger partial charge in [-0.15, -0.1) is 0 Å². The Balaban J connectivity index is 1.67. The molecule has 3 aromatic rings. The zero-order valence-electron chi connectivity index (χ0n) is 16.6. The lowest BCUT2D eigenvalue weighted by molar-refractivity contribution is -0.386. The highest BCUT2D eigenvalue weighted by Crippen LogP contribution is 2.22. The van der Waals surface area contributed by atoms with E-state index in [4.69, 9.17) is 5.73 Å². The molecular formula is C21H21N5O4. The van der Waals surface area contributed by atoms with E-state index in [2.05, 4.69) is 10.4 Å². The van der Waals surface area contributed by atoms with Crippen molar-refractivity contribution in [2.45, 2.75) is 26.8 Å². The number of aryl methyl sites for hydroxylation is 1. The Morgan fingerprint density at radius 3 is 2.20 bits per heavy atom. The minimum absolute atomic E-state index is 0.0212. The summed E-state index contributed by atoms with van der Waals surface area (Å²) in [7, 11) is 0. The van der Waals surface area contributed by atoms with Gasteiger partial charge in [-0.25, -0.2) is 0 Å². The van der Waals surface area contributed by atoms with E-state index in [-0.39, 0.29) is 18.0 Å². The summed E-state index contributed by atoms with van der Waals surface area (Å²) in [5.74, 6) is -0.687. The fourth-order valence-corrected chi connectivity index (χ4v) is 3.15. The summed E-state index contributed by atoms with van der Waals surface area (Å²) >= 11 is 0. The van der Waals surface area contributed by atoms with Crippen LogP contribution in [0.25, 0.3) is 0 Å².